The van der Waals surface area contributed by atoms with E-state index in [9.17, 15) is 0 Å². The predicted octanol–water partition coefficient (Wildman–Crippen LogP) is 11.4. The van der Waals surface area contributed by atoms with E-state index in [-0.39, 0.29) is 62.3 Å². The summed E-state index contributed by atoms with van der Waals surface area (Å²) < 4.78 is 6.79. The zero-order chi connectivity index (χ0) is 23.7. The van der Waals surface area contributed by atoms with Gasteiger partial charge in [0, 0.05) is 12.1 Å². The molecular weight excluding hydrogens is 663 g/mol. The van der Waals surface area contributed by atoms with E-state index in [1.807, 2.05) is 0 Å². The van der Waals surface area contributed by atoms with Crippen molar-refractivity contribution in [2.24, 2.45) is 0 Å². The maximum atomic E-state index is 6.31. The molecular formula is C18H12Cl10N2S2. The molecule has 32 heavy (non-hydrogen) atoms. The molecule has 0 heterocycles. The van der Waals surface area contributed by atoms with Crippen LogP contribution < -0.4 is 9.44 Å². The highest BCUT2D eigenvalue weighted by molar-refractivity contribution is 7.98. The molecule has 0 saturated heterocycles. The molecule has 2 nitrogen and oxygen atoms in total. The maximum absolute atomic E-state index is 6.31. The van der Waals surface area contributed by atoms with Crippen molar-refractivity contribution in [1.82, 2.24) is 9.44 Å². The Labute approximate surface area is 244 Å². The first-order chi connectivity index (χ1) is 15.0. The quantitative estimate of drug-likeness (QED) is 0.181. The smallest absolute Gasteiger partial charge is 0.0809 e. The van der Waals surface area contributed by atoms with Crippen LogP contribution in [0.5, 0.6) is 0 Å². The van der Waals surface area contributed by atoms with Crippen molar-refractivity contribution in [3.8, 4) is 0 Å². The molecule has 14 heteroatoms. The van der Waals surface area contributed by atoms with Crippen molar-refractivity contribution in [3.63, 3.8) is 0 Å². The average molecular weight is 675 g/mol. The van der Waals surface area contributed by atoms with Crippen LogP contribution in [0.4, 0.5) is 0 Å². The molecule has 1 fully saturated rings. The van der Waals surface area contributed by atoms with Gasteiger partial charge < -0.3 is 0 Å². The van der Waals surface area contributed by atoms with Gasteiger partial charge in [0.05, 0.1) is 60.0 Å². The molecule has 1 aliphatic carbocycles. The predicted molar refractivity (Wildman–Crippen MR) is 147 cm³/mol. The molecule has 0 bridgehead atoms. The third-order valence-corrected chi connectivity index (χ3v) is 11.8. The van der Waals surface area contributed by atoms with Gasteiger partial charge in [0.15, 0.2) is 0 Å². The fourth-order valence-electron chi connectivity index (χ4n) is 3.04. The Morgan fingerprint density at radius 3 is 1.06 bits per heavy atom. The second kappa shape index (κ2) is 12.5. The van der Waals surface area contributed by atoms with Crippen LogP contribution in [0, 0.1) is 0 Å². The Balaban J connectivity index is 1.64. The van der Waals surface area contributed by atoms with Crippen LogP contribution in [0.25, 0.3) is 0 Å². The molecule has 0 aromatic heterocycles. The van der Waals surface area contributed by atoms with E-state index in [0.29, 0.717) is 9.79 Å². The highest BCUT2D eigenvalue weighted by atomic mass is 35.5. The summed E-state index contributed by atoms with van der Waals surface area (Å²) in [5.74, 6) is 0. The molecule has 0 aliphatic heterocycles. The summed E-state index contributed by atoms with van der Waals surface area (Å²) in [6.45, 7) is 0. The van der Waals surface area contributed by atoms with E-state index >= 15 is 0 Å². The Kier molecular flexibility index (Phi) is 11.1. The molecule has 3 rings (SSSR count). The third-order valence-electron chi connectivity index (χ3n) is 4.67. The lowest BCUT2D eigenvalue weighted by atomic mass is 9.92. The molecule has 176 valence electrons. The van der Waals surface area contributed by atoms with Gasteiger partial charge in [-0.05, 0) is 43.2 Å². The average Bonchev–Trinajstić information content (AvgIpc) is 2.79. The first-order valence-electron chi connectivity index (χ1n) is 8.92. The van der Waals surface area contributed by atoms with Gasteiger partial charge in [0.1, 0.15) is 0 Å². The molecule has 1 aliphatic rings. The van der Waals surface area contributed by atoms with E-state index < -0.39 is 0 Å². The van der Waals surface area contributed by atoms with Crippen molar-refractivity contribution in [2.75, 3.05) is 0 Å². The van der Waals surface area contributed by atoms with E-state index in [1.165, 1.54) is 23.9 Å². The summed E-state index contributed by atoms with van der Waals surface area (Å²) in [6.07, 6.45) is 3.78. The topological polar surface area (TPSA) is 24.1 Å². The number of halogens is 10. The van der Waals surface area contributed by atoms with Crippen LogP contribution in [0.2, 0.25) is 50.2 Å². The minimum Gasteiger partial charge on any atom is -0.257 e. The third kappa shape index (κ3) is 6.26. The van der Waals surface area contributed by atoms with Gasteiger partial charge in [0.25, 0.3) is 0 Å². The van der Waals surface area contributed by atoms with Crippen LogP contribution in [-0.2, 0) is 0 Å². The van der Waals surface area contributed by atoms with Crippen LogP contribution in [0.1, 0.15) is 25.7 Å². The van der Waals surface area contributed by atoms with Crippen LogP contribution in [0.3, 0.4) is 0 Å². The maximum Gasteiger partial charge on any atom is 0.0809 e. The summed E-state index contributed by atoms with van der Waals surface area (Å²) in [7, 11) is 0. The second-order valence-corrected chi connectivity index (χ2v) is 12.3. The fraction of sp³-hybridized carbons (Fsp3) is 0.333. The van der Waals surface area contributed by atoms with Gasteiger partial charge in [-0.15, -0.1) is 0 Å². The van der Waals surface area contributed by atoms with Gasteiger partial charge >= 0.3 is 0 Å². The van der Waals surface area contributed by atoms with Gasteiger partial charge in [-0.2, -0.15) is 0 Å². The largest absolute Gasteiger partial charge is 0.257 e. The second-order valence-electron chi connectivity index (χ2n) is 6.80. The van der Waals surface area contributed by atoms with E-state index in [2.05, 4.69) is 9.44 Å². The van der Waals surface area contributed by atoms with Crippen molar-refractivity contribution in [3.05, 3.63) is 50.2 Å². The molecule has 0 radical (unpaired) electrons. The lowest BCUT2D eigenvalue weighted by Crippen LogP contribution is -2.37. The molecule has 2 atom stereocenters. The zero-order valence-corrected chi connectivity index (χ0v) is 24.8. The SMILES string of the molecule is Clc1c(Cl)c(Cl)c(SNC2CCCC(NSc3c(Cl)c(Cl)c(Cl)c(Cl)c3Cl)C2)c(Cl)c1Cl. The van der Waals surface area contributed by atoms with Crippen molar-refractivity contribution < 1.29 is 0 Å². The number of hydrogen-bond acceptors (Lipinski definition) is 4. The Morgan fingerprint density at radius 1 is 0.469 bits per heavy atom. The highest BCUT2D eigenvalue weighted by Crippen LogP contribution is 2.49. The van der Waals surface area contributed by atoms with Crippen LogP contribution >= 0.6 is 140 Å². The standard InChI is InChI=1S/C18H12Cl10N2S2/c19-7-9(21)13(25)17(14(26)10(7)22)31-29-5-2-1-3-6(4-5)30-32-18-15(27)11(23)8(20)12(24)16(18)28/h5-6,29-30H,1-4H2. The lowest BCUT2D eigenvalue weighted by Gasteiger charge is -2.30. The monoisotopic (exact) mass is 670 g/mol. The lowest BCUT2D eigenvalue weighted by molar-refractivity contribution is 0.365. The minimum atomic E-state index is 0.131. The van der Waals surface area contributed by atoms with Gasteiger partial charge in [-0.1, -0.05) is 122 Å². The molecule has 0 amide bonds. The molecule has 0 spiro atoms. The van der Waals surface area contributed by atoms with Gasteiger partial charge in [0.2, 0.25) is 0 Å². The summed E-state index contributed by atoms with van der Waals surface area (Å²) in [5.41, 5.74) is 0. The summed E-state index contributed by atoms with van der Waals surface area (Å²) >= 11 is 64.5. The normalized spacial score (nSPS) is 18.9. The van der Waals surface area contributed by atoms with Crippen molar-refractivity contribution >= 4 is 140 Å². The van der Waals surface area contributed by atoms with Gasteiger partial charge in [-0.25, -0.2) is 0 Å². The number of rotatable bonds is 6. The zero-order valence-electron chi connectivity index (χ0n) is 15.6. The van der Waals surface area contributed by atoms with Crippen molar-refractivity contribution in [1.29, 1.82) is 0 Å². The molecule has 2 aromatic rings. The van der Waals surface area contributed by atoms with E-state index in [1.54, 1.807) is 0 Å². The van der Waals surface area contributed by atoms with E-state index in [0.717, 1.165) is 25.7 Å². The summed E-state index contributed by atoms with van der Waals surface area (Å²) in [6, 6.07) is 0.353. The van der Waals surface area contributed by atoms with Crippen molar-refractivity contribution in [2.45, 2.75) is 47.6 Å². The first kappa shape index (κ1) is 28.5. The number of nitrogens with one attached hydrogen (secondary N) is 2. The summed E-state index contributed by atoms with van der Waals surface area (Å²) in [4.78, 5) is 1.06. The van der Waals surface area contributed by atoms with Gasteiger partial charge in [-0.3, -0.25) is 9.44 Å². The number of benzene rings is 2. The number of hydrogen-bond donors (Lipinski definition) is 2. The van der Waals surface area contributed by atoms with E-state index in [4.69, 9.17) is 116 Å². The minimum absolute atomic E-state index is 0.131. The molecule has 1 saturated carbocycles. The Hall–Kier alpha value is 1.96. The Bertz CT molecular complexity index is 898. The first-order valence-corrected chi connectivity index (χ1v) is 14.3. The highest BCUT2D eigenvalue weighted by Gasteiger charge is 2.26. The Morgan fingerprint density at radius 2 is 0.750 bits per heavy atom. The molecule has 2 aromatic carbocycles. The fourth-order valence-corrected chi connectivity index (χ4v) is 7.76. The van der Waals surface area contributed by atoms with Crippen LogP contribution in [0.15, 0.2) is 9.79 Å². The summed E-state index contributed by atoms with van der Waals surface area (Å²) in [5, 5.41) is 1.95. The van der Waals surface area contributed by atoms with Crippen LogP contribution in [-0.4, -0.2) is 12.1 Å². The molecule has 2 unspecified atom stereocenters. The molecule has 2 N–H and O–H groups in total.